The van der Waals surface area contributed by atoms with Gasteiger partial charge in [-0.1, -0.05) is 19.1 Å². The Morgan fingerprint density at radius 1 is 1.32 bits per heavy atom. The van der Waals surface area contributed by atoms with Gasteiger partial charge in [-0.25, -0.2) is 0 Å². The van der Waals surface area contributed by atoms with Crippen LogP contribution in [0.2, 0.25) is 0 Å². The molecule has 0 saturated heterocycles. The van der Waals surface area contributed by atoms with Crippen molar-refractivity contribution in [2.24, 2.45) is 0 Å². The van der Waals surface area contributed by atoms with Gasteiger partial charge in [-0.05, 0) is 48.1 Å². The van der Waals surface area contributed by atoms with Crippen LogP contribution in [0.5, 0.6) is 0 Å². The molecule has 0 aliphatic rings. The summed E-state index contributed by atoms with van der Waals surface area (Å²) >= 11 is 3.52. The molecule has 4 heteroatoms. The molecular weight excluding hydrogens is 304 g/mol. The van der Waals surface area contributed by atoms with Gasteiger partial charge in [0.15, 0.2) is 0 Å². The molecule has 1 aromatic heterocycles. The summed E-state index contributed by atoms with van der Waals surface area (Å²) in [4.78, 5) is 2.27. The van der Waals surface area contributed by atoms with Gasteiger partial charge in [-0.3, -0.25) is 4.90 Å². The van der Waals surface area contributed by atoms with E-state index < -0.39 is 0 Å². The molecule has 3 nitrogen and oxygen atoms in total. The molecule has 0 aliphatic heterocycles. The maximum atomic E-state index is 5.89. The number of halogens is 1. The maximum absolute atomic E-state index is 5.89. The zero-order valence-corrected chi connectivity index (χ0v) is 13.2. The van der Waals surface area contributed by atoms with E-state index in [1.165, 1.54) is 6.42 Å². The van der Waals surface area contributed by atoms with Gasteiger partial charge in [0.25, 0.3) is 0 Å². The van der Waals surface area contributed by atoms with E-state index in [2.05, 4.69) is 52.3 Å². The summed E-state index contributed by atoms with van der Waals surface area (Å²) < 4.78 is 6.91. The Balaban J connectivity index is 1.92. The minimum Gasteiger partial charge on any atom is -0.459 e. The third-order valence-electron chi connectivity index (χ3n) is 3.07. The van der Waals surface area contributed by atoms with Gasteiger partial charge in [0.2, 0.25) is 0 Å². The smallest absolute Gasteiger partial charge is 0.148 e. The summed E-state index contributed by atoms with van der Waals surface area (Å²) in [6.45, 7) is 6.16. The van der Waals surface area contributed by atoms with Crippen LogP contribution >= 0.6 is 15.9 Å². The molecule has 0 radical (unpaired) electrons. The minimum atomic E-state index is 0.842. The quantitative estimate of drug-likeness (QED) is 0.788. The van der Waals surface area contributed by atoms with Crippen molar-refractivity contribution >= 4 is 26.9 Å². The Kier molecular flexibility index (Phi) is 5.43. The number of hydrogen-bond donors (Lipinski definition) is 1. The zero-order valence-electron chi connectivity index (χ0n) is 11.6. The number of nitrogens with one attached hydrogen (secondary N) is 1. The fourth-order valence-electron chi connectivity index (χ4n) is 2.08. The molecule has 2 aromatic rings. The predicted octanol–water partition coefficient (Wildman–Crippen LogP) is 3.63. The summed E-state index contributed by atoms with van der Waals surface area (Å²) in [5.74, 6) is 1.01. The Bertz CT molecular complexity index is 524. The Labute approximate surface area is 123 Å². The predicted molar refractivity (Wildman–Crippen MR) is 83.4 cm³/mol. The lowest BCUT2D eigenvalue weighted by atomic mass is 10.2. The number of benzene rings is 1. The average Bonchev–Trinajstić information content (AvgIpc) is 2.79. The highest BCUT2D eigenvalue weighted by Crippen LogP contribution is 2.27. The number of nitrogens with zero attached hydrogens (tertiary/aromatic N) is 1. The van der Waals surface area contributed by atoms with Crippen molar-refractivity contribution in [2.75, 3.05) is 26.7 Å². The molecule has 104 valence electrons. The Hall–Kier alpha value is -0.840. The van der Waals surface area contributed by atoms with Crippen LogP contribution in [0.3, 0.4) is 0 Å². The SMILES string of the molecule is CCCNCCN(C)Cc1cc2cccc(Br)c2o1. The first-order chi connectivity index (χ1) is 9.20. The van der Waals surface area contributed by atoms with Gasteiger partial charge in [-0.2, -0.15) is 0 Å². The molecule has 0 saturated carbocycles. The van der Waals surface area contributed by atoms with Gasteiger partial charge < -0.3 is 9.73 Å². The van der Waals surface area contributed by atoms with Crippen LogP contribution in [-0.2, 0) is 6.54 Å². The first-order valence-corrected chi connectivity index (χ1v) is 7.56. The normalized spacial score (nSPS) is 11.6. The fourth-order valence-corrected chi connectivity index (χ4v) is 2.54. The Morgan fingerprint density at radius 2 is 2.16 bits per heavy atom. The highest BCUT2D eigenvalue weighted by molar-refractivity contribution is 9.10. The Morgan fingerprint density at radius 3 is 2.89 bits per heavy atom. The van der Waals surface area contributed by atoms with Crippen molar-refractivity contribution < 1.29 is 4.42 Å². The van der Waals surface area contributed by atoms with E-state index >= 15 is 0 Å². The van der Waals surface area contributed by atoms with E-state index in [-0.39, 0.29) is 0 Å². The second kappa shape index (κ2) is 7.08. The highest BCUT2D eigenvalue weighted by atomic mass is 79.9. The number of likely N-dealkylation sites (N-methyl/N-ethyl adjacent to an activating group) is 1. The van der Waals surface area contributed by atoms with Gasteiger partial charge >= 0.3 is 0 Å². The van der Waals surface area contributed by atoms with Crippen LogP contribution in [0.4, 0.5) is 0 Å². The van der Waals surface area contributed by atoms with Crippen LogP contribution in [0.15, 0.2) is 33.2 Å². The molecule has 2 rings (SSSR count). The van der Waals surface area contributed by atoms with Crippen LogP contribution in [-0.4, -0.2) is 31.6 Å². The van der Waals surface area contributed by atoms with Gasteiger partial charge in [0.05, 0.1) is 11.0 Å². The van der Waals surface area contributed by atoms with Crippen LogP contribution < -0.4 is 5.32 Å². The van der Waals surface area contributed by atoms with E-state index in [0.29, 0.717) is 0 Å². The third-order valence-corrected chi connectivity index (χ3v) is 3.69. The van der Waals surface area contributed by atoms with Crippen LogP contribution in [0.1, 0.15) is 19.1 Å². The topological polar surface area (TPSA) is 28.4 Å². The average molecular weight is 325 g/mol. The van der Waals surface area contributed by atoms with Gasteiger partial charge in [0.1, 0.15) is 11.3 Å². The summed E-state index contributed by atoms with van der Waals surface area (Å²) in [7, 11) is 2.12. The number of hydrogen-bond acceptors (Lipinski definition) is 3. The molecule has 0 atom stereocenters. The first-order valence-electron chi connectivity index (χ1n) is 6.77. The molecule has 0 amide bonds. The molecule has 0 spiro atoms. The van der Waals surface area contributed by atoms with Crippen LogP contribution in [0.25, 0.3) is 11.0 Å². The summed E-state index contributed by atoms with van der Waals surface area (Å²) in [6.07, 6.45) is 1.18. The molecular formula is C15H21BrN2O. The van der Waals surface area contributed by atoms with Gasteiger partial charge in [0, 0.05) is 18.5 Å². The lowest BCUT2D eigenvalue weighted by molar-refractivity contribution is 0.298. The summed E-state index contributed by atoms with van der Waals surface area (Å²) in [5, 5.41) is 4.56. The highest BCUT2D eigenvalue weighted by Gasteiger charge is 2.08. The largest absolute Gasteiger partial charge is 0.459 e. The third kappa shape index (κ3) is 4.06. The maximum Gasteiger partial charge on any atom is 0.148 e. The van der Waals surface area contributed by atoms with E-state index in [0.717, 1.165) is 47.4 Å². The lowest BCUT2D eigenvalue weighted by Gasteiger charge is -2.15. The number of furan rings is 1. The second-order valence-electron chi connectivity index (χ2n) is 4.86. The van der Waals surface area contributed by atoms with E-state index in [4.69, 9.17) is 4.42 Å². The molecule has 1 N–H and O–H groups in total. The molecule has 19 heavy (non-hydrogen) atoms. The molecule has 0 fully saturated rings. The summed E-state index contributed by atoms with van der Waals surface area (Å²) in [6, 6.07) is 8.24. The zero-order chi connectivity index (χ0) is 13.7. The van der Waals surface area contributed by atoms with E-state index in [1.807, 2.05) is 12.1 Å². The van der Waals surface area contributed by atoms with Gasteiger partial charge in [-0.15, -0.1) is 0 Å². The van der Waals surface area contributed by atoms with Crippen molar-refractivity contribution in [3.05, 3.63) is 34.5 Å². The van der Waals surface area contributed by atoms with Crippen molar-refractivity contribution in [1.82, 2.24) is 10.2 Å². The molecule has 1 aromatic carbocycles. The van der Waals surface area contributed by atoms with Crippen molar-refractivity contribution in [3.63, 3.8) is 0 Å². The lowest BCUT2D eigenvalue weighted by Crippen LogP contribution is -2.29. The van der Waals surface area contributed by atoms with E-state index in [1.54, 1.807) is 0 Å². The molecule has 1 heterocycles. The van der Waals surface area contributed by atoms with Crippen molar-refractivity contribution in [1.29, 1.82) is 0 Å². The number of fused-ring (bicyclic) bond motifs is 1. The molecule has 0 aliphatic carbocycles. The summed E-state index contributed by atoms with van der Waals surface area (Å²) in [5.41, 5.74) is 0.940. The monoisotopic (exact) mass is 324 g/mol. The number of rotatable bonds is 7. The standard InChI is InChI=1S/C15H21BrN2O/c1-3-7-17-8-9-18(2)11-13-10-12-5-4-6-14(16)15(12)19-13/h4-6,10,17H,3,7-9,11H2,1-2H3. The first kappa shape index (κ1) is 14.6. The minimum absolute atomic E-state index is 0.842. The van der Waals surface area contributed by atoms with Crippen LogP contribution in [0, 0.1) is 0 Å². The molecule has 0 bridgehead atoms. The molecule has 0 unspecified atom stereocenters. The van der Waals surface area contributed by atoms with Crippen molar-refractivity contribution in [3.8, 4) is 0 Å². The second-order valence-corrected chi connectivity index (χ2v) is 5.71. The van der Waals surface area contributed by atoms with Crippen molar-refractivity contribution in [2.45, 2.75) is 19.9 Å². The number of para-hydroxylation sites is 1. The fraction of sp³-hybridized carbons (Fsp3) is 0.467. The van der Waals surface area contributed by atoms with E-state index in [9.17, 15) is 0 Å².